The summed E-state index contributed by atoms with van der Waals surface area (Å²) in [6.45, 7) is 0. The van der Waals surface area contributed by atoms with Gasteiger partial charge in [0.25, 0.3) is 0 Å². The Morgan fingerprint density at radius 1 is 1.04 bits per heavy atom. The molecule has 1 heterocycles. The lowest BCUT2D eigenvalue weighted by molar-refractivity contribution is -0.135. The van der Waals surface area contributed by atoms with Crippen LogP contribution in [-0.2, 0) is 4.79 Å². The molecule has 0 atom stereocenters. The number of ether oxygens (including phenoxy) is 2. The van der Waals surface area contributed by atoms with Crippen LogP contribution in [0.1, 0.15) is 12.8 Å². The standard InChI is InChI=1S/C20H16O5/c1-23-15-7-4-12(5-8-15)17-10-14-6-9-16(11-18(14)25-20(17)22)24-19(21)13-2-3-13/h4-11,13H,2-3H2,1H3. The quantitative estimate of drug-likeness (QED) is 0.412. The third-order valence-corrected chi connectivity index (χ3v) is 4.24. The van der Waals surface area contributed by atoms with Gasteiger partial charge in [0.15, 0.2) is 0 Å². The van der Waals surface area contributed by atoms with Crippen molar-refractivity contribution in [2.75, 3.05) is 7.11 Å². The molecule has 0 unspecified atom stereocenters. The van der Waals surface area contributed by atoms with Gasteiger partial charge in [-0.25, -0.2) is 4.79 Å². The number of carbonyl (C=O) groups excluding carboxylic acids is 1. The van der Waals surface area contributed by atoms with E-state index < -0.39 is 5.63 Å². The molecule has 0 spiro atoms. The summed E-state index contributed by atoms with van der Waals surface area (Å²) in [7, 11) is 1.59. The van der Waals surface area contributed by atoms with E-state index in [4.69, 9.17) is 13.9 Å². The first-order valence-corrected chi connectivity index (χ1v) is 8.08. The van der Waals surface area contributed by atoms with Crippen molar-refractivity contribution in [1.82, 2.24) is 0 Å². The van der Waals surface area contributed by atoms with E-state index in [0.717, 1.165) is 29.5 Å². The van der Waals surface area contributed by atoms with Crippen molar-refractivity contribution in [1.29, 1.82) is 0 Å². The molecule has 1 saturated carbocycles. The molecule has 4 rings (SSSR count). The molecule has 0 N–H and O–H groups in total. The Morgan fingerprint density at radius 2 is 1.76 bits per heavy atom. The van der Waals surface area contributed by atoms with Crippen molar-refractivity contribution in [3.8, 4) is 22.6 Å². The summed E-state index contributed by atoms with van der Waals surface area (Å²) in [5.74, 6) is 0.900. The van der Waals surface area contributed by atoms with Crippen LogP contribution >= 0.6 is 0 Å². The van der Waals surface area contributed by atoms with Crippen LogP contribution in [0.25, 0.3) is 22.1 Å². The third-order valence-electron chi connectivity index (χ3n) is 4.24. The number of rotatable bonds is 4. The summed E-state index contributed by atoms with van der Waals surface area (Å²) in [6, 6.07) is 14.0. The van der Waals surface area contributed by atoms with Crippen LogP contribution in [0.2, 0.25) is 0 Å². The molecule has 1 aliphatic carbocycles. The van der Waals surface area contributed by atoms with E-state index in [1.54, 1.807) is 43.5 Å². The minimum absolute atomic E-state index is 0.0140. The molecule has 25 heavy (non-hydrogen) atoms. The maximum Gasteiger partial charge on any atom is 0.344 e. The van der Waals surface area contributed by atoms with Gasteiger partial charge in [0.1, 0.15) is 17.1 Å². The van der Waals surface area contributed by atoms with Crippen molar-refractivity contribution in [3.63, 3.8) is 0 Å². The molecule has 1 fully saturated rings. The van der Waals surface area contributed by atoms with E-state index in [1.807, 2.05) is 12.1 Å². The van der Waals surface area contributed by atoms with Crippen LogP contribution in [0.5, 0.6) is 11.5 Å². The summed E-state index contributed by atoms with van der Waals surface area (Å²) >= 11 is 0. The van der Waals surface area contributed by atoms with Crippen molar-refractivity contribution in [2.24, 2.45) is 5.92 Å². The molecule has 3 aromatic rings. The fourth-order valence-electron chi connectivity index (χ4n) is 2.65. The maximum absolute atomic E-state index is 12.3. The van der Waals surface area contributed by atoms with Gasteiger partial charge in [0, 0.05) is 11.5 Å². The maximum atomic E-state index is 12.3. The summed E-state index contributed by atoms with van der Waals surface area (Å²) < 4.78 is 15.9. The van der Waals surface area contributed by atoms with Gasteiger partial charge >= 0.3 is 11.6 Å². The Hall–Kier alpha value is -3.08. The number of benzene rings is 2. The fourth-order valence-corrected chi connectivity index (χ4v) is 2.65. The molecule has 0 bridgehead atoms. The van der Waals surface area contributed by atoms with Gasteiger partial charge < -0.3 is 13.9 Å². The van der Waals surface area contributed by atoms with Gasteiger partial charge in [-0.05, 0) is 48.7 Å². The van der Waals surface area contributed by atoms with E-state index in [0.29, 0.717) is 16.9 Å². The first kappa shape index (κ1) is 15.4. The van der Waals surface area contributed by atoms with E-state index in [1.165, 1.54) is 0 Å². The number of carbonyl (C=O) groups is 1. The largest absolute Gasteiger partial charge is 0.497 e. The first-order valence-electron chi connectivity index (χ1n) is 8.08. The second-order valence-electron chi connectivity index (χ2n) is 6.07. The van der Waals surface area contributed by atoms with Gasteiger partial charge in [0.2, 0.25) is 0 Å². The molecule has 0 saturated heterocycles. The lowest BCUT2D eigenvalue weighted by Gasteiger charge is -2.06. The Labute approximate surface area is 143 Å². The molecular formula is C20H16O5. The second kappa shape index (κ2) is 6.09. The summed E-state index contributed by atoms with van der Waals surface area (Å²) in [6.07, 6.45) is 1.76. The van der Waals surface area contributed by atoms with Gasteiger partial charge in [-0.1, -0.05) is 12.1 Å². The summed E-state index contributed by atoms with van der Waals surface area (Å²) in [5, 5.41) is 0.761. The highest BCUT2D eigenvalue weighted by Crippen LogP contribution is 2.31. The van der Waals surface area contributed by atoms with E-state index in [9.17, 15) is 9.59 Å². The first-order chi connectivity index (χ1) is 12.1. The number of fused-ring (bicyclic) bond motifs is 1. The zero-order valence-electron chi connectivity index (χ0n) is 13.7. The zero-order chi connectivity index (χ0) is 17.4. The Morgan fingerprint density at radius 3 is 2.44 bits per heavy atom. The molecule has 0 aliphatic heterocycles. The van der Waals surface area contributed by atoms with Crippen LogP contribution < -0.4 is 15.1 Å². The monoisotopic (exact) mass is 336 g/mol. The SMILES string of the molecule is COc1ccc(-c2cc3ccc(OC(=O)C4CC4)cc3oc2=O)cc1. The topological polar surface area (TPSA) is 65.7 Å². The van der Waals surface area contributed by atoms with Crippen molar-refractivity contribution in [3.05, 3.63) is 59.0 Å². The Balaban J connectivity index is 1.69. The highest BCUT2D eigenvalue weighted by atomic mass is 16.5. The molecule has 1 aliphatic rings. The molecular weight excluding hydrogens is 320 g/mol. The van der Waals surface area contributed by atoms with Gasteiger partial charge in [-0.15, -0.1) is 0 Å². The molecule has 0 radical (unpaired) electrons. The van der Waals surface area contributed by atoms with Crippen LogP contribution in [0.4, 0.5) is 0 Å². The average Bonchev–Trinajstić information content (AvgIpc) is 3.46. The molecule has 126 valence electrons. The van der Waals surface area contributed by atoms with Gasteiger partial charge in [-0.2, -0.15) is 0 Å². The number of hydrogen-bond donors (Lipinski definition) is 0. The molecule has 2 aromatic carbocycles. The number of methoxy groups -OCH3 is 1. The minimum atomic E-state index is -0.441. The summed E-state index contributed by atoms with van der Waals surface area (Å²) in [4.78, 5) is 24.1. The van der Waals surface area contributed by atoms with Crippen LogP contribution in [0.15, 0.2) is 57.7 Å². The normalized spacial score (nSPS) is 13.6. The molecule has 5 heteroatoms. The van der Waals surface area contributed by atoms with Crippen LogP contribution in [0, 0.1) is 5.92 Å². The van der Waals surface area contributed by atoms with Crippen LogP contribution in [0.3, 0.4) is 0 Å². The highest BCUT2D eigenvalue weighted by Gasteiger charge is 2.31. The molecule has 0 amide bonds. The highest BCUT2D eigenvalue weighted by molar-refractivity contribution is 5.84. The second-order valence-corrected chi connectivity index (χ2v) is 6.07. The predicted octanol–water partition coefficient (Wildman–Crippen LogP) is 3.78. The average molecular weight is 336 g/mol. The summed E-state index contributed by atoms with van der Waals surface area (Å²) in [5.41, 5.74) is 1.17. The van der Waals surface area contributed by atoms with Crippen molar-refractivity contribution < 1.29 is 18.7 Å². The number of esters is 1. The van der Waals surface area contributed by atoms with Gasteiger partial charge in [-0.3, -0.25) is 4.79 Å². The smallest absolute Gasteiger partial charge is 0.344 e. The van der Waals surface area contributed by atoms with Crippen LogP contribution in [-0.4, -0.2) is 13.1 Å². The van der Waals surface area contributed by atoms with Crippen molar-refractivity contribution in [2.45, 2.75) is 12.8 Å². The fraction of sp³-hybridized carbons (Fsp3) is 0.200. The van der Waals surface area contributed by atoms with E-state index >= 15 is 0 Å². The Kier molecular flexibility index (Phi) is 3.76. The Bertz CT molecular complexity index is 997. The molecule has 1 aromatic heterocycles. The number of hydrogen-bond acceptors (Lipinski definition) is 5. The van der Waals surface area contributed by atoms with E-state index in [2.05, 4.69) is 0 Å². The third kappa shape index (κ3) is 3.13. The lowest BCUT2D eigenvalue weighted by Crippen LogP contribution is -2.09. The minimum Gasteiger partial charge on any atom is -0.497 e. The molecule has 5 nitrogen and oxygen atoms in total. The lowest BCUT2D eigenvalue weighted by atomic mass is 10.1. The van der Waals surface area contributed by atoms with E-state index in [-0.39, 0.29) is 11.9 Å². The zero-order valence-corrected chi connectivity index (χ0v) is 13.7. The van der Waals surface area contributed by atoms with Gasteiger partial charge in [0.05, 0.1) is 18.6 Å². The van der Waals surface area contributed by atoms with Crippen molar-refractivity contribution >= 4 is 16.9 Å². The predicted molar refractivity (Wildman–Crippen MR) is 92.8 cm³/mol.